The van der Waals surface area contributed by atoms with Crippen LogP contribution in [0.5, 0.6) is 0 Å². The van der Waals surface area contributed by atoms with E-state index in [0.717, 1.165) is 0 Å². The van der Waals surface area contributed by atoms with Gasteiger partial charge in [-0.2, -0.15) is 5.26 Å². The topological polar surface area (TPSA) is 97.9 Å². The monoisotopic (exact) mass is 222 g/mol. The van der Waals surface area contributed by atoms with Gasteiger partial charge in [0.25, 0.3) is 5.82 Å². The van der Waals surface area contributed by atoms with Gasteiger partial charge in [0.05, 0.1) is 6.61 Å². The lowest BCUT2D eigenvalue weighted by atomic mass is 10.3. The summed E-state index contributed by atoms with van der Waals surface area (Å²) in [6, 6.07) is 1.74. The van der Waals surface area contributed by atoms with E-state index in [4.69, 9.17) is 5.26 Å². The van der Waals surface area contributed by atoms with Crippen LogP contribution in [0.2, 0.25) is 0 Å². The number of carbonyl (C=O) groups excluding carboxylic acids is 2. The lowest BCUT2D eigenvalue weighted by molar-refractivity contribution is -0.145. The maximum atomic E-state index is 11.3. The molecule has 16 heavy (non-hydrogen) atoms. The van der Waals surface area contributed by atoms with Crippen molar-refractivity contribution in [2.24, 2.45) is 0 Å². The molecule has 0 aromatic carbocycles. The molecule has 0 N–H and O–H groups in total. The first-order valence-corrected chi connectivity index (χ1v) is 4.62. The molecule has 84 valence electrons. The Labute approximate surface area is 91.6 Å². The molecule has 7 heteroatoms. The number of hydrogen-bond donors (Lipinski definition) is 0. The number of ether oxygens (including phenoxy) is 1. The summed E-state index contributed by atoms with van der Waals surface area (Å²) in [5.74, 6) is -0.912. The Morgan fingerprint density at radius 3 is 2.94 bits per heavy atom. The highest BCUT2D eigenvalue weighted by molar-refractivity contribution is 5.95. The maximum Gasteiger partial charge on any atom is 0.313 e. The summed E-state index contributed by atoms with van der Waals surface area (Å²) >= 11 is 0. The summed E-state index contributed by atoms with van der Waals surface area (Å²) in [5, 5.41) is 12.1. The Hall–Kier alpha value is -2.23. The molecular formula is C9H10N4O3. The molecule has 0 amide bonds. The van der Waals surface area contributed by atoms with Crippen LogP contribution in [0.4, 0.5) is 0 Å². The fraction of sp³-hybridized carbons (Fsp3) is 0.444. The second-order valence-electron chi connectivity index (χ2n) is 2.90. The van der Waals surface area contributed by atoms with Crippen molar-refractivity contribution < 1.29 is 14.3 Å². The fourth-order valence-electron chi connectivity index (χ4n) is 1.03. The van der Waals surface area contributed by atoms with E-state index in [1.165, 1.54) is 11.0 Å². The largest absolute Gasteiger partial charge is 0.466 e. The normalized spacial score (nSPS) is 9.50. The molecule has 0 saturated heterocycles. The third-order valence-corrected chi connectivity index (χ3v) is 1.62. The average molecular weight is 222 g/mol. The third kappa shape index (κ3) is 3.49. The van der Waals surface area contributed by atoms with E-state index < -0.39 is 5.97 Å². The smallest absolute Gasteiger partial charge is 0.313 e. The second kappa shape index (κ2) is 5.60. The SMILES string of the molecule is CCOC(=O)CC(=O)Cn1cnc(C#N)n1. The Kier molecular flexibility index (Phi) is 4.15. The van der Waals surface area contributed by atoms with E-state index >= 15 is 0 Å². The van der Waals surface area contributed by atoms with Gasteiger partial charge in [-0.15, -0.1) is 5.10 Å². The third-order valence-electron chi connectivity index (χ3n) is 1.62. The summed E-state index contributed by atoms with van der Waals surface area (Å²) < 4.78 is 5.83. The molecule has 1 rings (SSSR count). The number of Topliss-reactive ketones (excluding diaryl/α,β-unsaturated/α-hetero) is 1. The molecule has 1 aromatic rings. The molecule has 0 radical (unpaired) electrons. The van der Waals surface area contributed by atoms with Crippen LogP contribution in [0.3, 0.4) is 0 Å². The molecule has 1 aromatic heterocycles. The van der Waals surface area contributed by atoms with Crippen LogP contribution in [-0.4, -0.2) is 33.1 Å². The predicted octanol–water partition coefficient (Wildman–Crippen LogP) is -0.328. The van der Waals surface area contributed by atoms with Gasteiger partial charge in [-0.1, -0.05) is 0 Å². The highest BCUT2D eigenvalue weighted by Gasteiger charge is 2.11. The van der Waals surface area contributed by atoms with Gasteiger partial charge in [-0.05, 0) is 6.92 Å². The quantitative estimate of drug-likeness (QED) is 0.499. The molecule has 0 spiro atoms. The van der Waals surface area contributed by atoms with Gasteiger partial charge in [-0.25, -0.2) is 9.67 Å². The zero-order valence-electron chi connectivity index (χ0n) is 8.71. The van der Waals surface area contributed by atoms with Gasteiger partial charge < -0.3 is 4.74 Å². The molecule has 0 bridgehead atoms. The van der Waals surface area contributed by atoms with Crippen molar-refractivity contribution in [2.75, 3.05) is 6.61 Å². The summed E-state index contributed by atoms with van der Waals surface area (Å²) in [7, 11) is 0. The lowest BCUT2D eigenvalue weighted by Crippen LogP contribution is -2.16. The Morgan fingerprint density at radius 2 is 2.38 bits per heavy atom. The van der Waals surface area contributed by atoms with Crippen molar-refractivity contribution in [1.29, 1.82) is 5.26 Å². The minimum atomic E-state index is -0.562. The van der Waals surface area contributed by atoms with E-state index in [2.05, 4.69) is 14.8 Å². The average Bonchev–Trinajstić information content (AvgIpc) is 2.65. The zero-order valence-corrected chi connectivity index (χ0v) is 8.71. The first kappa shape index (κ1) is 11.8. The molecular weight excluding hydrogens is 212 g/mol. The van der Waals surface area contributed by atoms with Gasteiger partial charge >= 0.3 is 5.97 Å². The van der Waals surface area contributed by atoms with E-state index in [1.807, 2.05) is 0 Å². The number of rotatable bonds is 5. The fourth-order valence-corrected chi connectivity index (χ4v) is 1.03. The first-order valence-electron chi connectivity index (χ1n) is 4.62. The van der Waals surface area contributed by atoms with Gasteiger partial charge in [-0.3, -0.25) is 9.59 Å². The number of nitriles is 1. The second-order valence-corrected chi connectivity index (χ2v) is 2.90. The molecule has 7 nitrogen and oxygen atoms in total. The minimum Gasteiger partial charge on any atom is -0.466 e. The van der Waals surface area contributed by atoms with E-state index in [1.54, 1.807) is 13.0 Å². The van der Waals surface area contributed by atoms with Crippen LogP contribution >= 0.6 is 0 Å². The highest BCUT2D eigenvalue weighted by Crippen LogP contribution is 1.93. The van der Waals surface area contributed by atoms with Crippen molar-refractivity contribution in [3.05, 3.63) is 12.2 Å². The molecule has 0 aliphatic heterocycles. The van der Waals surface area contributed by atoms with Gasteiger partial charge in [0.15, 0.2) is 5.78 Å². The van der Waals surface area contributed by atoms with Gasteiger partial charge in [0, 0.05) is 0 Å². The van der Waals surface area contributed by atoms with Crippen LogP contribution in [0, 0.1) is 11.3 Å². The van der Waals surface area contributed by atoms with Crippen LogP contribution in [-0.2, 0) is 20.9 Å². The number of esters is 1. The number of ketones is 1. The zero-order chi connectivity index (χ0) is 12.0. The number of nitrogens with zero attached hydrogens (tertiary/aromatic N) is 4. The van der Waals surface area contributed by atoms with E-state index in [-0.39, 0.29) is 31.2 Å². The maximum absolute atomic E-state index is 11.3. The van der Waals surface area contributed by atoms with Crippen LogP contribution < -0.4 is 0 Å². The van der Waals surface area contributed by atoms with Crippen molar-refractivity contribution >= 4 is 11.8 Å². The van der Waals surface area contributed by atoms with Crippen molar-refractivity contribution in [3.8, 4) is 6.07 Å². The summed E-state index contributed by atoms with van der Waals surface area (Å²) in [6.07, 6.45) is 0.969. The number of aromatic nitrogens is 3. The van der Waals surface area contributed by atoms with E-state index in [9.17, 15) is 9.59 Å². The standard InChI is InChI=1S/C9H10N4O3/c1-2-16-9(15)3-7(14)5-13-6-11-8(4-10)12-13/h6H,2-3,5H2,1H3. The minimum absolute atomic E-state index is 0.0102. The lowest BCUT2D eigenvalue weighted by Gasteiger charge is -2.00. The molecule has 0 unspecified atom stereocenters. The Balaban J connectivity index is 2.46. The molecule has 0 atom stereocenters. The van der Waals surface area contributed by atoms with Gasteiger partial charge in [0.1, 0.15) is 25.4 Å². The number of carbonyl (C=O) groups is 2. The number of hydrogen-bond acceptors (Lipinski definition) is 6. The van der Waals surface area contributed by atoms with Crippen LogP contribution in [0.25, 0.3) is 0 Å². The molecule has 0 saturated carbocycles. The van der Waals surface area contributed by atoms with Crippen LogP contribution in [0.15, 0.2) is 6.33 Å². The predicted molar refractivity (Wildman–Crippen MR) is 51.0 cm³/mol. The summed E-state index contributed by atoms with van der Waals surface area (Å²) in [6.45, 7) is 1.82. The van der Waals surface area contributed by atoms with Crippen molar-refractivity contribution in [1.82, 2.24) is 14.8 Å². The van der Waals surface area contributed by atoms with Crippen molar-refractivity contribution in [2.45, 2.75) is 19.9 Å². The Bertz CT molecular complexity index is 432. The van der Waals surface area contributed by atoms with Crippen molar-refractivity contribution in [3.63, 3.8) is 0 Å². The molecule has 0 aliphatic carbocycles. The highest BCUT2D eigenvalue weighted by atomic mass is 16.5. The summed E-state index contributed by atoms with van der Waals surface area (Å²) in [5.41, 5.74) is 0. The first-order chi connectivity index (χ1) is 7.65. The van der Waals surface area contributed by atoms with Gasteiger partial charge in [0.2, 0.25) is 0 Å². The molecule has 0 fully saturated rings. The van der Waals surface area contributed by atoms with E-state index in [0.29, 0.717) is 0 Å². The summed E-state index contributed by atoms with van der Waals surface area (Å²) in [4.78, 5) is 25.9. The molecule has 0 aliphatic rings. The molecule has 1 heterocycles. The Morgan fingerprint density at radius 1 is 1.62 bits per heavy atom. The van der Waals surface area contributed by atoms with Crippen LogP contribution in [0.1, 0.15) is 19.2 Å².